The van der Waals surface area contributed by atoms with Crippen molar-refractivity contribution in [2.75, 3.05) is 24.5 Å². The van der Waals surface area contributed by atoms with E-state index in [1.807, 2.05) is 13.0 Å². The Morgan fingerprint density at radius 2 is 2.00 bits per heavy atom. The van der Waals surface area contributed by atoms with Crippen molar-refractivity contribution in [3.63, 3.8) is 0 Å². The summed E-state index contributed by atoms with van der Waals surface area (Å²) in [5, 5.41) is 10.9. The van der Waals surface area contributed by atoms with Crippen molar-refractivity contribution in [1.82, 2.24) is 20.8 Å². The van der Waals surface area contributed by atoms with Gasteiger partial charge in [0.2, 0.25) is 5.91 Å². The fourth-order valence-corrected chi connectivity index (χ4v) is 4.03. The van der Waals surface area contributed by atoms with E-state index in [1.54, 1.807) is 6.20 Å². The number of hydrogen-bond donors (Lipinski definition) is 3. The molecule has 0 unspecified atom stereocenters. The van der Waals surface area contributed by atoms with Gasteiger partial charge in [-0.1, -0.05) is 25.1 Å². The first-order valence-corrected chi connectivity index (χ1v) is 11.5. The third-order valence-corrected chi connectivity index (χ3v) is 5.86. The number of guanidine groups is 1. The lowest BCUT2D eigenvalue weighted by atomic mass is 9.96. The molecule has 3 heterocycles. The number of anilines is 1. The maximum absolute atomic E-state index is 11.5. The van der Waals surface area contributed by atoms with Crippen LogP contribution in [0.5, 0.6) is 0 Å². The zero-order valence-electron chi connectivity index (χ0n) is 19.8. The van der Waals surface area contributed by atoms with Crippen molar-refractivity contribution in [3.05, 3.63) is 40.9 Å². The highest BCUT2D eigenvalue weighted by atomic mass is 127. The van der Waals surface area contributed by atoms with Crippen LogP contribution in [-0.4, -0.2) is 41.6 Å². The van der Waals surface area contributed by atoms with Gasteiger partial charge < -0.3 is 25.8 Å². The molecule has 2 aromatic heterocycles. The summed E-state index contributed by atoms with van der Waals surface area (Å²) in [6, 6.07) is 3.99. The van der Waals surface area contributed by atoms with E-state index >= 15 is 0 Å². The number of nitrogens with two attached hydrogens (primary N) is 1. The first kappa shape index (κ1) is 26.9. The molecule has 1 fully saturated rings. The van der Waals surface area contributed by atoms with E-state index in [2.05, 4.69) is 45.6 Å². The van der Waals surface area contributed by atoms with Crippen LogP contribution >= 0.6 is 24.0 Å². The second-order valence-corrected chi connectivity index (χ2v) is 7.94. The third kappa shape index (κ3) is 7.05. The van der Waals surface area contributed by atoms with Crippen molar-refractivity contribution < 1.29 is 9.32 Å². The number of nitrogens with one attached hydrogen (secondary N) is 2. The van der Waals surface area contributed by atoms with Crippen LogP contribution in [0.3, 0.4) is 0 Å². The van der Waals surface area contributed by atoms with E-state index < -0.39 is 0 Å². The predicted molar refractivity (Wildman–Crippen MR) is 141 cm³/mol. The summed E-state index contributed by atoms with van der Waals surface area (Å²) in [4.78, 5) is 23.1. The van der Waals surface area contributed by atoms with E-state index in [1.165, 1.54) is 0 Å². The number of amides is 1. The van der Waals surface area contributed by atoms with Gasteiger partial charge in [-0.2, -0.15) is 0 Å². The monoisotopic (exact) mass is 569 g/mol. The summed E-state index contributed by atoms with van der Waals surface area (Å²) in [6.07, 6.45) is 4.97. The second kappa shape index (κ2) is 13.4. The van der Waals surface area contributed by atoms with Gasteiger partial charge in [-0.25, -0.2) is 9.98 Å². The lowest BCUT2D eigenvalue weighted by Gasteiger charge is -2.32. The zero-order chi connectivity index (χ0) is 22.9. The number of carbonyl (C=O) groups is 1. The van der Waals surface area contributed by atoms with Crippen LogP contribution in [0, 0.1) is 5.92 Å². The minimum atomic E-state index is -0.206. The summed E-state index contributed by atoms with van der Waals surface area (Å²) in [5.41, 5.74) is 8.62. The number of piperidine rings is 1. The van der Waals surface area contributed by atoms with Gasteiger partial charge in [0.05, 0.1) is 12.2 Å². The Hall–Kier alpha value is -2.37. The Labute approximate surface area is 213 Å². The Bertz CT molecular complexity index is 902. The highest BCUT2D eigenvalue weighted by Crippen LogP contribution is 2.25. The number of nitrogens with zero attached hydrogens (tertiary/aromatic N) is 4. The minimum Gasteiger partial charge on any atom is -0.369 e. The molecule has 0 aliphatic carbocycles. The molecule has 0 aromatic carbocycles. The standard InChI is InChI=1S/C23H35N7O2.HI/c1-4-19-18(20(5-2)32-29-19)15-28-23(25-6-3)27-14-17-8-7-11-26-22(17)30-12-9-16(10-13-30)21(24)31;/h7-8,11,16H,4-6,9-10,12-15H2,1-3H3,(H2,24,31)(H2,25,27,28);1H. The molecule has 0 saturated carbocycles. The second-order valence-electron chi connectivity index (χ2n) is 7.94. The smallest absolute Gasteiger partial charge is 0.220 e. The topological polar surface area (TPSA) is 122 Å². The molecule has 0 atom stereocenters. The summed E-state index contributed by atoms with van der Waals surface area (Å²) in [7, 11) is 0. The van der Waals surface area contributed by atoms with E-state index in [-0.39, 0.29) is 35.8 Å². The fraction of sp³-hybridized carbons (Fsp3) is 0.565. The molecule has 9 nitrogen and oxygen atoms in total. The Morgan fingerprint density at radius 1 is 1.24 bits per heavy atom. The molecule has 4 N–H and O–H groups in total. The Morgan fingerprint density at radius 3 is 2.64 bits per heavy atom. The van der Waals surface area contributed by atoms with Gasteiger partial charge in [0.1, 0.15) is 11.6 Å². The maximum Gasteiger partial charge on any atom is 0.220 e. The highest BCUT2D eigenvalue weighted by Gasteiger charge is 2.25. The van der Waals surface area contributed by atoms with Gasteiger partial charge in [0.15, 0.2) is 5.96 Å². The van der Waals surface area contributed by atoms with Crippen LogP contribution in [0.2, 0.25) is 0 Å². The average Bonchev–Trinajstić information content (AvgIpc) is 3.23. The molecular weight excluding hydrogens is 533 g/mol. The molecule has 182 valence electrons. The van der Waals surface area contributed by atoms with Crippen molar-refractivity contribution in [2.45, 2.75) is 59.5 Å². The van der Waals surface area contributed by atoms with E-state index in [0.717, 1.165) is 79.7 Å². The first-order chi connectivity index (χ1) is 15.6. The van der Waals surface area contributed by atoms with Crippen LogP contribution in [0.4, 0.5) is 5.82 Å². The Kier molecular flexibility index (Phi) is 10.9. The SMILES string of the molecule is CCNC(=NCc1cccnc1N1CCC(C(N)=O)CC1)NCc1c(CC)noc1CC.I. The molecule has 10 heteroatoms. The zero-order valence-corrected chi connectivity index (χ0v) is 22.1. The molecule has 3 rings (SSSR count). The summed E-state index contributed by atoms with van der Waals surface area (Å²) >= 11 is 0. The number of rotatable bonds is 9. The van der Waals surface area contributed by atoms with Crippen molar-refractivity contribution in [1.29, 1.82) is 0 Å². The maximum atomic E-state index is 11.5. The third-order valence-electron chi connectivity index (χ3n) is 5.86. The number of hydrogen-bond acceptors (Lipinski definition) is 6. The molecule has 33 heavy (non-hydrogen) atoms. The summed E-state index contributed by atoms with van der Waals surface area (Å²) in [5.74, 6) is 2.33. The number of carbonyl (C=O) groups excluding carboxylic acids is 1. The molecule has 0 spiro atoms. The van der Waals surface area contributed by atoms with Gasteiger partial charge in [0.25, 0.3) is 0 Å². The Balaban J connectivity index is 0.00000385. The van der Waals surface area contributed by atoms with Crippen molar-refractivity contribution in [2.24, 2.45) is 16.6 Å². The van der Waals surface area contributed by atoms with Crippen LogP contribution < -0.4 is 21.3 Å². The lowest BCUT2D eigenvalue weighted by Crippen LogP contribution is -2.39. The van der Waals surface area contributed by atoms with Gasteiger partial charge >= 0.3 is 0 Å². The van der Waals surface area contributed by atoms with Crippen LogP contribution in [0.1, 0.15) is 56.2 Å². The predicted octanol–water partition coefficient (Wildman–Crippen LogP) is 2.77. The van der Waals surface area contributed by atoms with Gasteiger partial charge in [0, 0.05) is 55.8 Å². The van der Waals surface area contributed by atoms with E-state index in [9.17, 15) is 4.79 Å². The fourth-order valence-electron chi connectivity index (χ4n) is 4.03. The minimum absolute atomic E-state index is 0. The van der Waals surface area contributed by atoms with Crippen molar-refractivity contribution >= 4 is 41.7 Å². The number of pyridine rings is 1. The molecular formula is C23H36IN7O2. The highest BCUT2D eigenvalue weighted by molar-refractivity contribution is 14.0. The summed E-state index contributed by atoms with van der Waals surface area (Å²) < 4.78 is 5.47. The molecule has 1 aliphatic rings. The van der Waals surface area contributed by atoms with E-state index in [4.69, 9.17) is 15.2 Å². The van der Waals surface area contributed by atoms with E-state index in [0.29, 0.717) is 13.1 Å². The normalized spacial score (nSPS) is 14.6. The summed E-state index contributed by atoms with van der Waals surface area (Å²) in [6.45, 7) is 9.61. The average molecular weight is 569 g/mol. The van der Waals surface area contributed by atoms with Crippen molar-refractivity contribution in [3.8, 4) is 0 Å². The molecule has 0 bridgehead atoms. The largest absolute Gasteiger partial charge is 0.369 e. The molecule has 1 amide bonds. The number of aliphatic imine (C=N–C) groups is 1. The van der Waals surface area contributed by atoms with Crippen LogP contribution in [-0.2, 0) is 30.7 Å². The molecule has 1 aliphatic heterocycles. The lowest BCUT2D eigenvalue weighted by molar-refractivity contribution is -0.122. The van der Waals surface area contributed by atoms with Gasteiger partial charge in [-0.15, -0.1) is 24.0 Å². The van der Waals surface area contributed by atoms with Gasteiger partial charge in [-0.3, -0.25) is 4.79 Å². The molecule has 0 radical (unpaired) electrons. The number of halogens is 1. The number of aryl methyl sites for hydroxylation is 2. The first-order valence-electron chi connectivity index (χ1n) is 11.5. The number of aromatic nitrogens is 2. The quantitative estimate of drug-likeness (QED) is 0.241. The van der Waals surface area contributed by atoms with Gasteiger partial charge in [-0.05, 0) is 32.3 Å². The molecule has 1 saturated heterocycles. The van der Waals surface area contributed by atoms with Crippen LogP contribution in [0.15, 0.2) is 27.8 Å². The van der Waals surface area contributed by atoms with Crippen LogP contribution in [0.25, 0.3) is 0 Å². The number of primary amides is 1. The molecule has 2 aromatic rings.